The smallest absolute Gasteiger partial charge is 0.471 e. The second-order valence-corrected chi connectivity index (χ2v) is 15.0. The van der Waals surface area contributed by atoms with Gasteiger partial charge in [0.05, 0.1) is 48.2 Å². The van der Waals surface area contributed by atoms with E-state index in [1.54, 1.807) is 0 Å². The van der Waals surface area contributed by atoms with Crippen LogP contribution in [0.4, 0.5) is 13.2 Å². The van der Waals surface area contributed by atoms with Crippen molar-refractivity contribution >= 4 is 29.2 Å². The van der Waals surface area contributed by atoms with Gasteiger partial charge in [0.15, 0.2) is 30.3 Å². The normalized spacial score (nSPS) is 32.4. The predicted molar refractivity (Wildman–Crippen MR) is 184 cm³/mol. The van der Waals surface area contributed by atoms with E-state index in [0.29, 0.717) is 0 Å². The first-order valence-electron chi connectivity index (χ1n) is 18.0. The largest absolute Gasteiger partial charge is 0.507 e. The number of phenols is 2. The molecule has 57 heavy (non-hydrogen) atoms. The van der Waals surface area contributed by atoms with Gasteiger partial charge in [0.25, 0.3) is 0 Å². The maximum absolute atomic E-state index is 14.0. The number of fused-ring (bicyclic) bond motifs is 3. The quantitative estimate of drug-likeness (QED) is 0.163. The molecule has 5 N–H and O–H groups in total. The van der Waals surface area contributed by atoms with Gasteiger partial charge >= 0.3 is 18.1 Å². The topological polar surface area (TPSA) is 234 Å². The van der Waals surface area contributed by atoms with Crippen molar-refractivity contribution in [2.45, 2.75) is 127 Å². The Kier molecular flexibility index (Phi) is 11.0. The Hall–Kier alpha value is -4.66. The van der Waals surface area contributed by atoms with Crippen LogP contribution in [0.3, 0.4) is 0 Å². The Morgan fingerprint density at radius 2 is 1.56 bits per heavy atom. The van der Waals surface area contributed by atoms with Crippen LogP contribution in [0.25, 0.3) is 0 Å². The molecule has 2 aliphatic carbocycles. The maximum Gasteiger partial charge on any atom is 0.471 e. The summed E-state index contributed by atoms with van der Waals surface area (Å²) in [5.74, 6) is -7.22. The first-order chi connectivity index (χ1) is 26.5. The number of hydrogen-bond acceptors (Lipinski definition) is 15. The molecule has 2 fully saturated rings. The third-order valence-corrected chi connectivity index (χ3v) is 10.9. The number of esters is 1. The molecule has 2 saturated heterocycles. The van der Waals surface area contributed by atoms with Gasteiger partial charge in [0.2, 0.25) is 5.78 Å². The number of amides is 1. The van der Waals surface area contributed by atoms with Gasteiger partial charge in [-0.25, -0.2) is 0 Å². The SMILES string of the molecule is COc1cccc2c1C(=O)c1c(O)c3c(c(O)c1C2=O)C[C@@](O)(C(C)=O)C[C@@H]3O[C@H]1C[C@H](NC(=O)C(F)(F)F)[C@H](O[C@@H]2C[C@@](C)(O)[C@@H](OC(C)=O)[C@H](C)O2)[C@H](C)O1. The number of methoxy groups -OCH3 is 1. The monoisotopic (exact) mass is 809 g/mol. The summed E-state index contributed by atoms with van der Waals surface area (Å²) in [6, 6.07) is 2.65. The highest BCUT2D eigenvalue weighted by Gasteiger charge is 2.53. The summed E-state index contributed by atoms with van der Waals surface area (Å²) < 4.78 is 75.4. The van der Waals surface area contributed by atoms with Crippen molar-refractivity contribution in [2.24, 2.45) is 0 Å². The predicted octanol–water partition coefficient (Wildman–Crippen LogP) is 2.59. The number of benzene rings is 2. The van der Waals surface area contributed by atoms with Crippen LogP contribution in [0.1, 0.15) is 103 Å². The highest BCUT2D eigenvalue weighted by molar-refractivity contribution is 6.31. The van der Waals surface area contributed by atoms with E-state index < -0.39 is 138 Å². The van der Waals surface area contributed by atoms with E-state index in [1.807, 2.05) is 5.32 Å². The number of halogens is 3. The first kappa shape index (κ1) is 42.0. The van der Waals surface area contributed by atoms with E-state index >= 15 is 0 Å². The molecule has 19 heteroatoms. The van der Waals surface area contributed by atoms with Crippen LogP contribution >= 0.6 is 0 Å². The van der Waals surface area contributed by atoms with Crippen LogP contribution in [-0.2, 0) is 44.5 Å². The average molecular weight is 810 g/mol. The van der Waals surface area contributed by atoms with Crippen LogP contribution in [0.2, 0.25) is 0 Å². The highest BCUT2D eigenvalue weighted by Crippen LogP contribution is 2.52. The fourth-order valence-electron chi connectivity index (χ4n) is 8.19. The summed E-state index contributed by atoms with van der Waals surface area (Å²) in [6.45, 7) is 6.42. The van der Waals surface area contributed by atoms with E-state index in [0.717, 1.165) is 13.8 Å². The lowest BCUT2D eigenvalue weighted by molar-refractivity contribution is -0.317. The fourth-order valence-corrected chi connectivity index (χ4v) is 8.19. The molecule has 2 heterocycles. The average Bonchev–Trinajstić information content (AvgIpc) is 3.10. The number of carbonyl (C=O) groups excluding carboxylic acids is 5. The highest BCUT2D eigenvalue weighted by atomic mass is 19.4. The Bertz CT molecular complexity index is 2020. The molecule has 0 bridgehead atoms. The van der Waals surface area contributed by atoms with E-state index in [-0.39, 0.29) is 34.4 Å². The van der Waals surface area contributed by atoms with Gasteiger partial charge in [-0.2, -0.15) is 13.2 Å². The zero-order chi connectivity index (χ0) is 42.1. The molecule has 0 unspecified atom stereocenters. The molecular formula is C38H42F3NO15. The van der Waals surface area contributed by atoms with Gasteiger partial charge in [-0.05, 0) is 33.8 Å². The number of aromatic hydroxyl groups is 2. The van der Waals surface area contributed by atoms with Gasteiger partial charge in [-0.1, -0.05) is 12.1 Å². The van der Waals surface area contributed by atoms with Crippen molar-refractivity contribution in [3.63, 3.8) is 0 Å². The lowest BCUT2D eigenvalue weighted by Crippen LogP contribution is -2.62. The molecule has 0 spiro atoms. The lowest BCUT2D eigenvalue weighted by atomic mass is 9.72. The molecule has 6 rings (SSSR count). The number of aliphatic hydroxyl groups is 2. The number of ketones is 3. The van der Waals surface area contributed by atoms with Crippen LogP contribution in [-0.4, -0.2) is 117 Å². The summed E-state index contributed by atoms with van der Waals surface area (Å²) in [7, 11) is 1.26. The number of nitrogens with one attached hydrogen (secondary N) is 1. The number of alkyl halides is 3. The van der Waals surface area contributed by atoms with E-state index in [1.165, 1.54) is 46.1 Å². The third-order valence-electron chi connectivity index (χ3n) is 10.9. The molecule has 0 radical (unpaired) electrons. The van der Waals surface area contributed by atoms with Crippen LogP contribution in [0.15, 0.2) is 18.2 Å². The molecular weight excluding hydrogens is 767 g/mol. The van der Waals surface area contributed by atoms with Crippen LogP contribution < -0.4 is 10.1 Å². The summed E-state index contributed by atoms with van der Waals surface area (Å²) in [6.07, 6.45) is -16.6. The molecule has 0 saturated carbocycles. The van der Waals surface area contributed by atoms with Crippen molar-refractivity contribution in [2.75, 3.05) is 7.11 Å². The first-order valence-corrected chi connectivity index (χ1v) is 18.0. The van der Waals surface area contributed by atoms with Crippen molar-refractivity contribution in [1.82, 2.24) is 5.32 Å². The molecule has 310 valence electrons. The standard InChI is InChI=1S/C38H42F3NO15/c1-14-33(57-24-13-36(5,50)34(15(2)54-24)55-17(4)44)20(42-35(49)38(39,40)41)10-23(53-14)56-22-12-37(51,16(3)43)11-19-26(22)32(48)28-27(30(19)46)29(45)18-8-7-9-21(52-6)25(18)31(28)47/h7-9,14-15,20,22-24,33-34,46,48,50-51H,10-13H2,1-6H3,(H,42,49)/t14-,15-,20-,22-,23-,24+,33+,34-,36+,37-/m0/s1. The van der Waals surface area contributed by atoms with Gasteiger partial charge in [-0.15, -0.1) is 0 Å². The molecule has 2 aliphatic heterocycles. The molecule has 4 aliphatic rings. The molecule has 16 nitrogen and oxygen atoms in total. The van der Waals surface area contributed by atoms with Gasteiger partial charge < -0.3 is 54.2 Å². The molecule has 2 aromatic rings. The Balaban J connectivity index is 1.35. The van der Waals surface area contributed by atoms with E-state index in [9.17, 15) is 57.6 Å². The van der Waals surface area contributed by atoms with Crippen molar-refractivity contribution in [3.8, 4) is 17.2 Å². The van der Waals surface area contributed by atoms with Gasteiger partial charge in [0, 0.05) is 49.3 Å². The van der Waals surface area contributed by atoms with Crippen molar-refractivity contribution in [1.29, 1.82) is 0 Å². The number of phenolic OH excluding ortho intramolecular Hbond substituents is 2. The molecule has 2 aromatic carbocycles. The summed E-state index contributed by atoms with van der Waals surface area (Å²) in [5, 5.41) is 47.9. The summed E-state index contributed by atoms with van der Waals surface area (Å²) in [5.41, 5.74) is -6.11. The maximum atomic E-state index is 14.0. The zero-order valence-corrected chi connectivity index (χ0v) is 31.6. The minimum Gasteiger partial charge on any atom is -0.507 e. The fraction of sp³-hybridized carbons (Fsp3) is 0.553. The van der Waals surface area contributed by atoms with Gasteiger partial charge in [-0.3, -0.25) is 24.0 Å². The number of ether oxygens (including phenoxy) is 6. The Morgan fingerprint density at radius 1 is 0.912 bits per heavy atom. The van der Waals surface area contributed by atoms with Crippen LogP contribution in [0.5, 0.6) is 17.2 Å². The van der Waals surface area contributed by atoms with Crippen molar-refractivity contribution < 1.29 is 86.0 Å². The van der Waals surface area contributed by atoms with Crippen molar-refractivity contribution in [3.05, 3.63) is 51.6 Å². The number of Topliss-reactive ketones (excluding diaryl/α,β-unsaturated/α-hetero) is 1. The van der Waals surface area contributed by atoms with Gasteiger partial charge in [0.1, 0.15) is 34.6 Å². The number of rotatable bonds is 8. The second-order valence-electron chi connectivity index (χ2n) is 15.0. The van der Waals surface area contributed by atoms with E-state index in [4.69, 9.17) is 28.4 Å². The zero-order valence-electron chi connectivity index (χ0n) is 31.6. The minimum atomic E-state index is -5.34. The summed E-state index contributed by atoms with van der Waals surface area (Å²) >= 11 is 0. The minimum absolute atomic E-state index is 0.00101. The van der Waals surface area contributed by atoms with Crippen LogP contribution in [0, 0.1) is 0 Å². The number of hydrogen-bond donors (Lipinski definition) is 5. The second kappa shape index (κ2) is 14.9. The molecule has 10 atom stereocenters. The number of carbonyl (C=O) groups is 5. The lowest BCUT2D eigenvalue weighted by Gasteiger charge is -2.47. The summed E-state index contributed by atoms with van der Waals surface area (Å²) in [4.78, 5) is 64.5. The Morgan fingerprint density at radius 3 is 2.16 bits per heavy atom. The molecule has 0 aromatic heterocycles. The third kappa shape index (κ3) is 7.59. The Labute approximate surface area is 323 Å². The molecule has 1 amide bonds. The van der Waals surface area contributed by atoms with E-state index in [2.05, 4.69) is 0 Å².